The molecule has 1 aromatic carbocycles. The van der Waals surface area contributed by atoms with E-state index in [9.17, 15) is 14.4 Å². The lowest BCUT2D eigenvalue weighted by molar-refractivity contribution is -0.133. The van der Waals surface area contributed by atoms with Gasteiger partial charge in [0.15, 0.2) is 6.61 Å². The number of amides is 1. The van der Waals surface area contributed by atoms with Gasteiger partial charge >= 0.3 is 0 Å². The Morgan fingerprint density at radius 2 is 1.79 bits per heavy atom. The van der Waals surface area contributed by atoms with Crippen LogP contribution in [0.2, 0.25) is 0 Å². The first-order chi connectivity index (χ1) is 13.7. The molecule has 9 heteroatoms. The molecule has 0 spiro atoms. The molecule has 0 saturated heterocycles. The second-order valence-electron chi connectivity index (χ2n) is 6.71. The van der Waals surface area contributed by atoms with Crippen molar-refractivity contribution in [2.24, 2.45) is 7.05 Å². The van der Waals surface area contributed by atoms with Crippen LogP contribution < -0.4 is 10.3 Å². The number of aromatic nitrogens is 2. The summed E-state index contributed by atoms with van der Waals surface area (Å²) in [6.07, 6.45) is 1.74. The second kappa shape index (κ2) is 10.2. The van der Waals surface area contributed by atoms with E-state index in [1.54, 1.807) is 31.0 Å². The van der Waals surface area contributed by atoms with Gasteiger partial charge in [-0.3, -0.25) is 24.2 Å². The van der Waals surface area contributed by atoms with Crippen molar-refractivity contribution in [2.75, 3.05) is 19.7 Å². The maximum atomic E-state index is 13.0. The summed E-state index contributed by atoms with van der Waals surface area (Å²) < 4.78 is 8.03. The largest absolute Gasteiger partial charge is 0.481 e. The molecule has 0 aliphatic carbocycles. The van der Waals surface area contributed by atoms with Crippen LogP contribution in [-0.2, 0) is 11.8 Å². The first-order valence-corrected chi connectivity index (χ1v) is 11.0. The molecule has 1 aromatic heterocycles. The first-order valence-electron chi connectivity index (χ1n) is 9.41. The molecule has 0 unspecified atom stereocenters. The molecule has 0 aliphatic rings. The summed E-state index contributed by atoms with van der Waals surface area (Å²) >= 11 is 6.82. The van der Waals surface area contributed by atoms with Crippen molar-refractivity contribution in [3.8, 4) is 5.75 Å². The Balaban J connectivity index is 2.30. The van der Waals surface area contributed by atoms with Crippen molar-refractivity contribution in [1.29, 1.82) is 0 Å². The number of carbonyl (C=O) groups excluding carboxylic acids is 2. The lowest BCUT2D eigenvalue weighted by Crippen LogP contribution is -2.36. The van der Waals surface area contributed by atoms with Crippen LogP contribution in [0.3, 0.4) is 0 Å². The summed E-state index contributed by atoms with van der Waals surface area (Å²) in [6, 6.07) is 3.28. The van der Waals surface area contributed by atoms with Gasteiger partial charge in [0.05, 0.1) is 8.95 Å². The molecule has 1 heterocycles. The Morgan fingerprint density at radius 3 is 2.31 bits per heavy atom. The molecule has 0 fully saturated rings. The highest BCUT2D eigenvalue weighted by Gasteiger charge is 2.24. The van der Waals surface area contributed by atoms with Crippen molar-refractivity contribution in [3.05, 3.63) is 48.3 Å². The SMILES string of the molecule is CCCN(CCC)C(=O)COc1c(Br)ccc(C(=O)c2c(C)[nH]n(C)c2=O)c1Br. The number of carbonyl (C=O) groups is 2. The quantitative estimate of drug-likeness (QED) is 0.500. The van der Waals surface area contributed by atoms with Crippen molar-refractivity contribution in [3.63, 3.8) is 0 Å². The monoisotopic (exact) mass is 529 g/mol. The summed E-state index contributed by atoms with van der Waals surface area (Å²) in [5, 5.41) is 2.83. The molecule has 1 N–H and O–H groups in total. The van der Waals surface area contributed by atoms with Crippen molar-refractivity contribution >= 4 is 43.6 Å². The molecule has 0 aliphatic heterocycles. The third-order valence-corrected chi connectivity index (χ3v) is 5.84. The normalized spacial score (nSPS) is 10.8. The van der Waals surface area contributed by atoms with Gasteiger partial charge in [0.2, 0.25) is 5.78 Å². The molecule has 0 bridgehead atoms. The molecule has 1 amide bonds. The smallest absolute Gasteiger partial charge is 0.277 e. The van der Waals surface area contributed by atoms with Gasteiger partial charge < -0.3 is 9.64 Å². The maximum absolute atomic E-state index is 13.0. The Bertz CT molecular complexity index is 959. The zero-order valence-corrected chi connectivity index (χ0v) is 20.1. The number of aromatic amines is 1. The second-order valence-corrected chi connectivity index (χ2v) is 8.36. The van der Waals surface area contributed by atoms with Gasteiger partial charge in [-0.05, 0) is 63.8 Å². The molecule has 7 nitrogen and oxygen atoms in total. The number of nitrogens with zero attached hydrogens (tertiary/aromatic N) is 2. The van der Waals surface area contributed by atoms with Gasteiger partial charge in [-0.1, -0.05) is 13.8 Å². The molecule has 0 atom stereocenters. The van der Waals surface area contributed by atoms with Gasteiger partial charge in [-0.25, -0.2) is 0 Å². The minimum atomic E-state index is -0.418. The fourth-order valence-electron chi connectivity index (χ4n) is 3.05. The molecular formula is C20H25Br2N3O4. The Labute approximate surface area is 186 Å². The number of ether oxygens (including phenoxy) is 1. The number of nitrogens with one attached hydrogen (secondary N) is 1. The predicted molar refractivity (Wildman–Crippen MR) is 119 cm³/mol. The lowest BCUT2D eigenvalue weighted by Gasteiger charge is -2.22. The summed E-state index contributed by atoms with van der Waals surface area (Å²) in [4.78, 5) is 39.6. The average molecular weight is 531 g/mol. The lowest BCUT2D eigenvalue weighted by atomic mass is 10.0. The number of ketones is 1. The molecule has 0 saturated carbocycles. The number of halogens is 2. The predicted octanol–water partition coefficient (Wildman–Crippen LogP) is 3.81. The van der Waals surface area contributed by atoms with Crippen LogP contribution in [0.5, 0.6) is 5.75 Å². The Kier molecular flexibility index (Phi) is 8.27. The van der Waals surface area contributed by atoms with E-state index < -0.39 is 11.3 Å². The van der Waals surface area contributed by atoms with Crippen LogP contribution in [0.25, 0.3) is 0 Å². The van der Waals surface area contributed by atoms with Crippen molar-refractivity contribution in [1.82, 2.24) is 14.7 Å². The van der Waals surface area contributed by atoms with Crippen molar-refractivity contribution < 1.29 is 14.3 Å². The van der Waals surface area contributed by atoms with Gasteiger partial charge in [-0.2, -0.15) is 0 Å². The van der Waals surface area contributed by atoms with E-state index in [0.29, 0.717) is 33.5 Å². The van der Waals surface area contributed by atoms with Gasteiger partial charge in [0.1, 0.15) is 11.3 Å². The van der Waals surface area contributed by atoms with E-state index >= 15 is 0 Å². The van der Waals surface area contributed by atoms with E-state index in [-0.39, 0.29) is 23.6 Å². The molecular weight excluding hydrogens is 506 g/mol. The molecule has 0 radical (unpaired) electrons. The summed E-state index contributed by atoms with van der Waals surface area (Å²) in [5.41, 5.74) is 0.462. The summed E-state index contributed by atoms with van der Waals surface area (Å²) in [5.74, 6) is -0.180. The zero-order chi connectivity index (χ0) is 21.7. The number of hydrogen-bond donors (Lipinski definition) is 1. The van der Waals surface area contributed by atoms with E-state index in [0.717, 1.165) is 12.8 Å². The van der Waals surface area contributed by atoms with Gasteiger partial charge in [-0.15, -0.1) is 0 Å². The van der Waals surface area contributed by atoms with E-state index in [2.05, 4.69) is 37.0 Å². The van der Waals surface area contributed by atoms with Crippen LogP contribution in [-0.4, -0.2) is 46.1 Å². The van der Waals surface area contributed by atoms with E-state index in [4.69, 9.17) is 4.74 Å². The first kappa shape index (κ1) is 23.4. The minimum absolute atomic E-state index is 0.0783. The minimum Gasteiger partial charge on any atom is -0.481 e. The number of hydrogen-bond acceptors (Lipinski definition) is 4. The molecule has 158 valence electrons. The fourth-order valence-corrected chi connectivity index (χ4v) is 4.41. The average Bonchev–Trinajstić information content (AvgIpc) is 2.92. The van der Waals surface area contributed by atoms with Crippen LogP contribution in [0, 0.1) is 6.92 Å². The number of rotatable bonds is 9. The highest BCUT2D eigenvalue weighted by atomic mass is 79.9. The Hall–Kier alpha value is -1.87. The van der Waals surface area contributed by atoms with Gasteiger partial charge in [0.25, 0.3) is 11.5 Å². The zero-order valence-electron chi connectivity index (χ0n) is 17.0. The van der Waals surface area contributed by atoms with Crippen LogP contribution >= 0.6 is 31.9 Å². The Morgan fingerprint density at radius 1 is 1.17 bits per heavy atom. The van der Waals surface area contributed by atoms with E-state index in [1.807, 2.05) is 13.8 Å². The van der Waals surface area contributed by atoms with E-state index in [1.165, 1.54) is 4.68 Å². The summed E-state index contributed by atoms with van der Waals surface area (Å²) in [6.45, 7) is 6.92. The van der Waals surface area contributed by atoms with Gasteiger partial charge in [0, 0.05) is 31.4 Å². The fraction of sp³-hybridized carbons (Fsp3) is 0.450. The molecule has 2 aromatic rings. The number of benzene rings is 1. The van der Waals surface area contributed by atoms with Crippen molar-refractivity contribution in [2.45, 2.75) is 33.6 Å². The van der Waals surface area contributed by atoms with Crippen LogP contribution in [0.1, 0.15) is 48.3 Å². The highest BCUT2D eigenvalue weighted by Crippen LogP contribution is 2.37. The standard InChI is InChI=1S/C20H25Br2N3O4/c1-5-9-25(10-6-2)15(26)11-29-19-14(21)8-7-13(17(19)22)18(27)16-12(3)23-24(4)20(16)28/h7-8,23H,5-6,9-11H2,1-4H3. The highest BCUT2D eigenvalue weighted by molar-refractivity contribution is 9.11. The summed E-state index contributed by atoms with van der Waals surface area (Å²) in [7, 11) is 1.56. The third-order valence-electron chi connectivity index (χ3n) is 4.43. The topological polar surface area (TPSA) is 84.4 Å². The third kappa shape index (κ3) is 5.19. The number of aryl methyl sites for hydroxylation is 2. The maximum Gasteiger partial charge on any atom is 0.277 e. The number of H-pyrrole nitrogens is 1. The molecule has 29 heavy (non-hydrogen) atoms. The molecule has 2 rings (SSSR count). The van der Waals surface area contributed by atoms with Crippen LogP contribution in [0.15, 0.2) is 25.9 Å². The van der Waals surface area contributed by atoms with Crippen LogP contribution in [0.4, 0.5) is 0 Å².